The number of para-hydroxylation sites is 1. The average molecular weight is 433 g/mol. The highest BCUT2D eigenvalue weighted by Gasteiger charge is 2.19. The molecule has 0 bridgehead atoms. The lowest BCUT2D eigenvalue weighted by molar-refractivity contribution is -0.134. The molecule has 1 N–H and O–H groups in total. The van der Waals surface area contributed by atoms with Gasteiger partial charge in [0.15, 0.2) is 0 Å². The van der Waals surface area contributed by atoms with E-state index in [0.717, 1.165) is 42.6 Å². The van der Waals surface area contributed by atoms with E-state index in [1.54, 1.807) is 9.58 Å². The molecular weight excluding hydrogens is 400 g/mol. The Morgan fingerprint density at radius 1 is 0.938 bits per heavy atom. The predicted molar refractivity (Wildman–Crippen MR) is 129 cm³/mol. The number of unbranched alkanes of at least 4 members (excludes halogenated alkanes) is 2. The lowest BCUT2D eigenvalue weighted by atomic mass is 10.1. The van der Waals surface area contributed by atoms with Crippen molar-refractivity contribution >= 4 is 17.6 Å². The van der Waals surface area contributed by atoms with Gasteiger partial charge in [-0.2, -0.15) is 5.10 Å². The molecule has 0 aliphatic carbocycles. The van der Waals surface area contributed by atoms with Crippen LogP contribution in [-0.2, 0) is 9.59 Å². The molecule has 32 heavy (non-hydrogen) atoms. The molecule has 168 valence electrons. The van der Waals surface area contributed by atoms with Crippen molar-refractivity contribution in [1.82, 2.24) is 14.7 Å². The van der Waals surface area contributed by atoms with Crippen LogP contribution in [0.15, 0.2) is 66.7 Å². The monoisotopic (exact) mass is 432 g/mol. The van der Waals surface area contributed by atoms with E-state index in [1.807, 2.05) is 66.7 Å². The van der Waals surface area contributed by atoms with Gasteiger partial charge in [-0.1, -0.05) is 75.2 Å². The summed E-state index contributed by atoms with van der Waals surface area (Å²) in [5.74, 6) is 0.399. The topological polar surface area (TPSA) is 67.2 Å². The number of benzene rings is 2. The van der Waals surface area contributed by atoms with Crippen LogP contribution in [0.3, 0.4) is 0 Å². The molecule has 2 amide bonds. The molecule has 1 aromatic heterocycles. The van der Waals surface area contributed by atoms with Crippen LogP contribution in [0.4, 0.5) is 5.82 Å². The van der Waals surface area contributed by atoms with Gasteiger partial charge >= 0.3 is 0 Å². The Bertz CT molecular complexity index is 999. The summed E-state index contributed by atoms with van der Waals surface area (Å²) in [7, 11) is 0. The molecule has 0 atom stereocenters. The Balaban J connectivity index is 1.82. The molecule has 0 aliphatic rings. The van der Waals surface area contributed by atoms with Crippen molar-refractivity contribution in [2.24, 2.45) is 0 Å². The summed E-state index contributed by atoms with van der Waals surface area (Å²) in [6.45, 7) is 4.78. The van der Waals surface area contributed by atoms with Crippen molar-refractivity contribution in [2.45, 2.75) is 46.0 Å². The fourth-order valence-corrected chi connectivity index (χ4v) is 3.47. The molecule has 0 saturated heterocycles. The maximum atomic E-state index is 12.9. The minimum absolute atomic E-state index is 0.0389. The summed E-state index contributed by atoms with van der Waals surface area (Å²) in [4.78, 5) is 27.2. The largest absolute Gasteiger partial charge is 0.333 e. The highest BCUT2D eigenvalue weighted by atomic mass is 16.2. The third-order valence-corrected chi connectivity index (χ3v) is 5.26. The van der Waals surface area contributed by atoms with Gasteiger partial charge in [-0.25, -0.2) is 4.68 Å². The fraction of sp³-hybridized carbons (Fsp3) is 0.346. The highest BCUT2D eigenvalue weighted by molar-refractivity contribution is 5.94. The van der Waals surface area contributed by atoms with E-state index >= 15 is 0 Å². The van der Waals surface area contributed by atoms with Crippen molar-refractivity contribution in [1.29, 1.82) is 0 Å². The van der Waals surface area contributed by atoms with Crippen LogP contribution >= 0.6 is 0 Å². The Hall–Kier alpha value is -3.41. The fourth-order valence-electron chi connectivity index (χ4n) is 3.47. The summed E-state index contributed by atoms with van der Waals surface area (Å²) in [5.41, 5.74) is 2.59. The SMILES string of the molecule is CCCCC(=O)N(CCCC)CC(=O)Nc1cc(-c2ccccc2)nn1-c1ccccc1. The first-order chi connectivity index (χ1) is 15.6. The number of amides is 2. The number of nitrogens with one attached hydrogen (secondary N) is 1. The van der Waals surface area contributed by atoms with Gasteiger partial charge in [-0.15, -0.1) is 0 Å². The van der Waals surface area contributed by atoms with E-state index in [0.29, 0.717) is 18.8 Å². The van der Waals surface area contributed by atoms with Crippen molar-refractivity contribution in [2.75, 3.05) is 18.4 Å². The lowest BCUT2D eigenvalue weighted by Crippen LogP contribution is -2.38. The van der Waals surface area contributed by atoms with E-state index in [9.17, 15) is 9.59 Å². The number of anilines is 1. The molecule has 3 aromatic rings. The van der Waals surface area contributed by atoms with Crippen molar-refractivity contribution in [3.05, 3.63) is 66.7 Å². The van der Waals surface area contributed by atoms with E-state index in [4.69, 9.17) is 5.10 Å². The van der Waals surface area contributed by atoms with Crippen LogP contribution in [-0.4, -0.2) is 39.6 Å². The Kier molecular flexibility index (Phi) is 8.61. The molecule has 0 unspecified atom stereocenters. The predicted octanol–water partition coefficient (Wildman–Crippen LogP) is 5.30. The van der Waals surface area contributed by atoms with Gasteiger partial charge in [-0.3, -0.25) is 9.59 Å². The number of rotatable bonds is 11. The third-order valence-electron chi connectivity index (χ3n) is 5.26. The Labute approximate surface area is 190 Å². The third kappa shape index (κ3) is 6.30. The van der Waals surface area contributed by atoms with Crippen molar-refractivity contribution in [3.8, 4) is 16.9 Å². The highest BCUT2D eigenvalue weighted by Crippen LogP contribution is 2.24. The molecule has 3 rings (SSSR count). The molecule has 0 saturated carbocycles. The Morgan fingerprint density at radius 3 is 2.25 bits per heavy atom. The van der Waals surface area contributed by atoms with Gasteiger partial charge in [0.25, 0.3) is 0 Å². The van der Waals surface area contributed by atoms with Crippen LogP contribution in [0.2, 0.25) is 0 Å². The first kappa shape index (κ1) is 23.3. The van der Waals surface area contributed by atoms with Crippen LogP contribution in [0.1, 0.15) is 46.0 Å². The molecule has 0 fully saturated rings. The Morgan fingerprint density at radius 2 is 1.59 bits per heavy atom. The van der Waals surface area contributed by atoms with Gasteiger partial charge in [-0.05, 0) is 25.0 Å². The normalized spacial score (nSPS) is 10.7. The molecule has 6 nitrogen and oxygen atoms in total. The van der Waals surface area contributed by atoms with Crippen LogP contribution in [0.5, 0.6) is 0 Å². The molecule has 1 heterocycles. The van der Waals surface area contributed by atoms with Gasteiger partial charge in [0.05, 0.1) is 17.9 Å². The smallest absolute Gasteiger partial charge is 0.245 e. The maximum Gasteiger partial charge on any atom is 0.245 e. The number of carbonyl (C=O) groups excluding carboxylic acids is 2. The van der Waals surface area contributed by atoms with Gasteiger partial charge in [0, 0.05) is 24.6 Å². The zero-order valence-corrected chi connectivity index (χ0v) is 19.0. The minimum Gasteiger partial charge on any atom is -0.333 e. The number of nitrogens with zero attached hydrogens (tertiary/aromatic N) is 3. The summed E-state index contributed by atoms with van der Waals surface area (Å²) in [5, 5.41) is 7.71. The van der Waals surface area contributed by atoms with Crippen molar-refractivity contribution < 1.29 is 9.59 Å². The number of hydrogen-bond donors (Lipinski definition) is 1. The molecule has 2 aromatic carbocycles. The second-order valence-electron chi connectivity index (χ2n) is 7.85. The average Bonchev–Trinajstić information content (AvgIpc) is 3.25. The molecular formula is C26H32N4O2. The summed E-state index contributed by atoms with van der Waals surface area (Å²) >= 11 is 0. The van der Waals surface area contributed by atoms with E-state index < -0.39 is 0 Å². The van der Waals surface area contributed by atoms with Crippen LogP contribution in [0.25, 0.3) is 16.9 Å². The molecule has 0 spiro atoms. The van der Waals surface area contributed by atoms with Crippen molar-refractivity contribution in [3.63, 3.8) is 0 Å². The van der Waals surface area contributed by atoms with Crippen LogP contribution in [0, 0.1) is 0 Å². The summed E-state index contributed by atoms with van der Waals surface area (Å²) in [6, 6.07) is 21.4. The van der Waals surface area contributed by atoms with Gasteiger partial charge in [0.1, 0.15) is 5.82 Å². The van der Waals surface area contributed by atoms with Gasteiger partial charge in [0.2, 0.25) is 11.8 Å². The van der Waals surface area contributed by atoms with Gasteiger partial charge < -0.3 is 10.2 Å². The second kappa shape index (κ2) is 11.8. The van der Waals surface area contributed by atoms with E-state index in [1.165, 1.54) is 0 Å². The van der Waals surface area contributed by atoms with E-state index in [-0.39, 0.29) is 18.4 Å². The lowest BCUT2D eigenvalue weighted by Gasteiger charge is -2.22. The minimum atomic E-state index is -0.220. The van der Waals surface area contributed by atoms with Crippen LogP contribution < -0.4 is 5.32 Å². The summed E-state index contributed by atoms with van der Waals surface area (Å²) < 4.78 is 1.73. The molecule has 0 aliphatic heterocycles. The molecule has 0 radical (unpaired) electrons. The zero-order valence-electron chi connectivity index (χ0n) is 19.0. The second-order valence-corrected chi connectivity index (χ2v) is 7.85. The standard InChI is InChI=1S/C26H32N4O2/c1-3-5-17-26(32)29(18-6-4-2)20-25(31)27-24-19-23(21-13-9-7-10-14-21)28-30(24)22-15-11-8-12-16-22/h7-16,19H,3-6,17-18,20H2,1-2H3,(H,27,31). The summed E-state index contributed by atoms with van der Waals surface area (Å²) in [6.07, 6.45) is 4.13. The number of carbonyl (C=O) groups is 2. The number of aromatic nitrogens is 2. The maximum absolute atomic E-state index is 12.9. The quantitative estimate of drug-likeness (QED) is 0.447. The first-order valence-electron chi connectivity index (χ1n) is 11.4. The first-order valence-corrected chi connectivity index (χ1v) is 11.4. The number of hydrogen-bond acceptors (Lipinski definition) is 3. The van der Waals surface area contributed by atoms with E-state index in [2.05, 4.69) is 19.2 Å². The molecule has 6 heteroatoms. The zero-order chi connectivity index (χ0) is 22.8.